The number of esters is 1. The molecule has 9 nitrogen and oxygen atoms in total. The van der Waals surface area contributed by atoms with Crippen molar-refractivity contribution in [1.29, 1.82) is 0 Å². The van der Waals surface area contributed by atoms with Crippen molar-refractivity contribution >= 4 is 28.8 Å². The van der Waals surface area contributed by atoms with E-state index >= 15 is 0 Å². The van der Waals surface area contributed by atoms with Crippen LogP contribution in [0.2, 0.25) is 0 Å². The van der Waals surface area contributed by atoms with Crippen LogP contribution in [0.5, 0.6) is 0 Å². The maximum Gasteiger partial charge on any atom is 0.331 e. The van der Waals surface area contributed by atoms with Gasteiger partial charge in [-0.15, -0.1) is 5.10 Å². The zero-order valence-electron chi connectivity index (χ0n) is 32.5. The highest BCUT2D eigenvalue weighted by molar-refractivity contribution is 6.29. The van der Waals surface area contributed by atoms with Gasteiger partial charge < -0.3 is 15.4 Å². The minimum atomic E-state index is -0.562. The second-order valence-corrected chi connectivity index (χ2v) is 17.7. The van der Waals surface area contributed by atoms with Gasteiger partial charge in [-0.3, -0.25) is 0 Å². The number of allylic oxidation sites excluding steroid dienone is 1. The number of ether oxygens (including phenoxy) is 1. The number of aryl methyl sites for hydroxylation is 1. The van der Waals surface area contributed by atoms with Crippen LogP contribution >= 0.6 is 0 Å². The molecular weight excluding hydrogens is 635 g/mol. The van der Waals surface area contributed by atoms with Crippen LogP contribution in [0.25, 0.3) is 21.8 Å². The van der Waals surface area contributed by atoms with E-state index in [1.54, 1.807) is 4.90 Å². The summed E-state index contributed by atoms with van der Waals surface area (Å²) in [5, 5.41) is 4.87. The van der Waals surface area contributed by atoms with Crippen molar-refractivity contribution in [3.8, 4) is 11.4 Å². The number of hydrogen-bond donors (Lipinski definition) is 1. The Hall–Kier alpha value is -4.71. The fourth-order valence-corrected chi connectivity index (χ4v) is 7.38. The third kappa shape index (κ3) is 7.51. The topological polar surface area (TPSA) is 103 Å². The van der Waals surface area contributed by atoms with Gasteiger partial charge >= 0.3 is 5.97 Å². The molecule has 5 rings (SSSR count). The molecule has 0 radical (unpaired) electrons. The molecule has 2 aromatic carbocycles. The predicted molar refractivity (Wildman–Crippen MR) is 207 cm³/mol. The van der Waals surface area contributed by atoms with Gasteiger partial charge in [-0.05, 0) is 71.3 Å². The van der Waals surface area contributed by atoms with E-state index in [1.165, 1.54) is 10.2 Å². The average molecular weight is 690 g/mol. The van der Waals surface area contributed by atoms with E-state index in [1.807, 2.05) is 44.3 Å². The number of nitrogens with two attached hydrogens (primary N) is 1. The van der Waals surface area contributed by atoms with Crippen LogP contribution in [-0.4, -0.2) is 39.7 Å². The standard InChI is InChI=1S/C42H55N7O2/c1-24-21-30(41(7,8)9)35(31(22-24)42(10,11)12)51-39(50)33-34(44-13)38(45-32-20-19-29(23-25(32)2)48(14)26(3)43)49-37(33)46-36(47-49)27-15-17-28(18-16-27)40(4,5)6/h15-20,23-24,30-31,35H,3,21-22,43H2,1-2,4-12,14H3. The van der Waals surface area contributed by atoms with E-state index < -0.39 is 5.97 Å². The number of nitrogens with zero attached hydrogens (tertiary/aromatic N) is 6. The largest absolute Gasteiger partial charge is 0.459 e. The molecule has 1 aliphatic heterocycles. The third-order valence-corrected chi connectivity index (χ3v) is 10.6. The molecule has 1 fully saturated rings. The number of fused-ring (bicyclic) bond motifs is 1. The van der Waals surface area contributed by atoms with Gasteiger partial charge in [0.1, 0.15) is 11.7 Å². The van der Waals surface area contributed by atoms with Crippen molar-refractivity contribution in [3.05, 3.63) is 88.9 Å². The number of anilines is 1. The summed E-state index contributed by atoms with van der Waals surface area (Å²) in [6.07, 6.45) is 1.59. The lowest BCUT2D eigenvalue weighted by Crippen LogP contribution is -2.49. The fourth-order valence-electron chi connectivity index (χ4n) is 7.38. The van der Waals surface area contributed by atoms with Crippen molar-refractivity contribution in [2.24, 2.45) is 39.3 Å². The van der Waals surface area contributed by atoms with Gasteiger partial charge in [0.25, 0.3) is 0 Å². The number of carbonyl (C=O) groups excluding carboxylic acids is 1. The minimum Gasteiger partial charge on any atom is -0.459 e. The van der Waals surface area contributed by atoms with Crippen LogP contribution in [0.3, 0.4) is 0 Å². The van der Waals surface area contributed by atoms with Crippen LogP contribution in [0, 0.1) is 42.1 Å². The Morgan fingerprint density at radius 2 is 1.61 bits per heavy atom. The highest BCUT2D eigenvalue weighted by Gasteiger charge is 2.49. The van der Waals surface area contributed by atoms with Gasteiger partial charge in [-0.2, -0.15) is 0 Å². The molecule has 0 amide bonds. The second-order valence-electron chi connectivity index (χ2n) is 17.7. The number of carbonyl (C=O) groups is 1. The molecule has 2 unspecified atom stereocenters. The fraction of sp³-hybridized carbons (Fsp3) is 0.500. The van der Waals surface area contributed by atoms with E-state index in [0.29, 0.717) is 23.3 Å². The van der Waals surface area contributed by atoms with E-state index in [4.69, 9.17) is 32.1 Å². The Morgan fingerprint density at radius 3 is 2.10 bits per heavy atom. The molecule has 0 spiro atoms. The normalized spacial score (nSPS) is 21.7. The highest BCUT2D eigenvalue weighted by Crippen LogP contribution is 2.50. The van der Waals surface area contributed by atoms with Crippen LogP contribution in [0.4, 0.5) is 11.4 Å². The number of aliphatic imine (C=N–C) groups is 1. The molecule has 0 bridgehead atoms. The first-order valence-electron chi connectivity index (χ1n) is 17.9. The molecule has 1 aliphatic carbocycles. The maximum absolute atomic E-state index is 14.6. The SMILES string of the molecule is [C-]#[N+]C1=C(C(=O)OC2C(C(C)(C)C)CC(C)CC2C(C)(C)C)c2nc(-c3ccc(C(C)(C)C)cc3)nn2C1=Nc1ccc(N(C)C(=C)N)cc1C. The number of rotatable bonds is 6. The van der Waals surface area contributed by atoms with Gasteiger partial charge in [0, 0.05) is 30.1 Å². The van der Waals surface area contributed by atoms with Crippen molar-refractivity contribution in [2.75, 3.05) is 11.9 Å². The van der Waals surface area contributed by atoms with Crippen LogP contribution in [-0.2, 0) is 14.9 Å². The molecular formula is C42H55N7O2. The summed E-state index contributed by atoms with van der Waals surface area (Å²) < 4.78 is 8.18. The smallest absolute Gasteiger partial charge is 0.331 e. The van der Waals surface area contributed by atoms with Gasteiger partial charge in [0.05, 0.1) is 18.1 Å². The van der Waals surface area contributed by atoms with E-state index in [2.05, 4.69) is 92.8 Å². The van der Waals surface area contributed by atoms with Gasteiger partial charge in [0.15, 0.2) is 17.5 Å². The van der Waals surface area contributed by atoms with Crippen molar-refractivity contribution in [1.82, 2.24) is 14.8 Å². The first-order chi connectivity index (χ1) is 23.6. The molecule has 1 aromatic heterocycles. The lowest BCUT2D eigenvalue weighted by atomic mass is 9.59. The Kier molecular flexibility index (Phi) is 9.90. The summed E-state index contributed by atoms with van der Waals surface area (Å²) in [4.78, 5) is 30.2. The van der Waals surface area contributed by atoms with Gasteiger partial charge in [-0.1, -0.05) is 100 Å². The molecule has 51 heavy (non-hydrogen) atoms. The van der Waals surface area contributed by atoms with E-state index in [-0.39, 0.29) is 57.1 Å². The zero-order chi connectivity index (χ0) is 37.8. The van der Waals surface area contributed by atoms with Crippen molar-refractivity contribution < 1.29 is 9.53 Å². The molecule has 2 heterocycles. The zero-order valence-corrected chi connectivity index (χ0v) is 32.5. The quantitative estimate of drug-likeness (QED) is 0.204. The molecule has 2 atom stereocenters. The first-order valence-corrected chi connectivity index (χ1v) is 17.9. The average Bonchev–Trinajstić information content (AvgIpc) is 3.58. The Labute approximate surface area is 304 Å². The van der Waals surface area contributed by atoms with Crippen molar-refractivity contribution in [2.45, 2.75) is 101 Å². The van der Waals surface area contributed by atoms with Gasteiger partial charge in [-0.25, -0.2) is 24.3 Å². The second kappa shape index (κ2) is 13.4. The Bertz CT molecular complexity index is 1910. The Morgan fingerprint density at radius 1 is 1.02 bits per heavy atom. The Balaban J connectivity index is 1.66. The monoisotopic (exact) mass is 689 g/mol. The summed E-state index contributed by atoms with van der Waals surface area (Å²) in [6, 6.07) is 13.9. The number of aromatic nitrogens is 3. The number of benzene rings is 2. The van der Waals surface area contributed by atoms with Crippen LogP contribution < -0.4 is 10.6 Å². The molecule has 2 aliphatic rings. The first kappa shape index (κ1) is 37.5. The molecule has 3 aromatic rings. The van der Waals surface area contributed by atoms with Gasteiger partial charge in [0.2, 0.25) is 5.70 Å². The molecule has 1 saturated carbocycles. The summed E-state index contributed by atoms with van der Waals surface area (Å²) in [5.74, 6) is 1.57. The lowest BCUT2D eigenvalue weighted by molar-refractivity contribution is -0.162. The maximum atomic E-state index is 14.6. The molecule has 0 saturated heterocycles. The van der Waals surface area contributed by atoms with E-state index in [9.17, 15) is 4.79 Å². The minimum absolute atomic E-state index is 0.0156. The summed E-state index contributed by atoms with van der Waals surface area (Å²) in [6.45, 7) is 36.3. The third-order valence-electron chi connectivity index (χ3n) is 10.6. The highest BCUT2D eigenvalue weighted by atomic mass is 16.5. The summed E-state index contributed by atoms with van der Waals surface area (Å²) in [5.41, 5.74) is 10.2. The summed E-state index contributed by atoms with van der Waals surface area (Å²) >= 11 is 0. The summed E-state index contributed by atoms with van der Waals surface area (Å²) in [7, 11) is 1.84. The molecule has 270 valence electrons. The predicted octanol–water partition coefficient (Wildman–Crippen LogP) is 9.31. The lowest BCUT2D eigenvalue weighted by Gasteiger charge is -2.50. The van der Waals surface area contributed by atoms with Crippen molar-refractivity contribution in [3.63, 3.8) is 0 Å². The van der Waals surface area contributed by atoms with Crippen LogP contribution in [0.1, 0.15) is 99.0 Å². The van der Waals surface area contributed by atoms with E-state index in [0.717, 1.165) is 29.7 Å². The number of hydrogen-bond acceptors (Lipinski definition) is 7. The molecule has 2 N–H and O–H groups in total. The molecule has 9 heteroatoms. The van der Waals surface area contributed by atoms with Crippen LogP contribution in [0.15, 0.2) is 65.6 Å².